The predicted octanol–water partition coefficient (Wildman–Crippen LogP) is 1.15. The summed E-state index contributed by atoms with van der Waals surface area (Å²) < 4.78 is 0. The number of aromatic nitrogens is 2. The van der Waals surface area contributed by atoms with E-state index >= 15 is 0 Å². The molecule has 1 aliphatic heterocycles. The van der Waals surface area contributed by atoms with Gasteiger partial charge in [0.15, 0.2) is 0 Å². The number of H-pyrrole nitrogens is 1. The maximum Gasteiger partial charge on any atom is 0.320 e. The molecule has 1 aliphatic rings. The van der Waals surface area contributed by atoms with Gasteiger partial charge in [-0.1, -0.05) is 0 Å². The minimum Gasteiger partial charge on any atom is -0.481 e. The fourth-order valence-electron chi connectivity index (χ4n) is 2.52. The monoisotopic (exact) mass is 280 g/mol. The van der Waals surface area contributed by atoms with E-state index in [9.17, 15) is 14.7 Å². The van der Waals surface area contributed by atoms with E-state index in [0.29, 0.717) is 25.9 Å². The van der Waals surface area contributed by atoms with Crippen LogP contribution in [0.25, 0.3) is 0 Å². The summed E-state index contributed by atoms with van der Waals surface area (Å²) in [7, 11) is 1.71. The van der Waals surface area contributed by atoms with Crippen molar-refractivity contribution in [2.24, 2.45) is 5.41 Å². The predicted molar refractivity (Wildman–Crippen MR) is 72.0 cm³/mol. The molecule has 0 aromatic carbocycles. The lowest BCUT2D eigenvalue weighted by molar-refractivity contribution is -0.150. The highest BCUT2D eigenvalue weighted by molar-refractivity contribution is 5.78. The van der Waals surface area contributed by atoms with Crippen LogP contribution in [-0.2, 0) is 11.3 Å². The first-order valence-electron chi connectivity index (χ1n) is 6.63. The number of urea groups is 1. The first-order valence-corrected chi connectivity index (χ1v) is 6.63. The molecule has 110 valence electrons. The number of rotatable bonds is 3. The van der Waals surface area contributed by atoms with Crippen molar-refractivity contribution in [2.45, 2.75) is 26.3 Å². The van der Waals surface area contributed by atoms with E-state index in [4.69, 9.17) is 0 Å². The molecule has 0 bridgehead atoms. The first kappa shape index (κ1) is 14.4. The van der Waals surface area contributed by atoms with Gasteiger partial charge in [0, 0.05) is 31.9 Å². The number of piperidine rings is 1. The fraction of sp³-hybridized carbons (Fsp3) is 0.615. The summed E-state index contributed by atoms with van der Waals surface area (Å²) >= 11 is 0. The highest BCUT2D eigenvalue weighted by atomic mass is 16.4. The molecule has 1 unspecified atom stereocenters. The van der Waals surface area contributed by atoms with Crippen LogP contribution in [0, 0.1) is 5.41 Å². The third-order valence-electron chi connectivity index (χ3n) is 3.78. The van der Waals surface area contributed by atoms with E-state index in [1.165, 1.54) is 0 Å². The molecule has 2 N–H and O–H groups in total. The quantitative estimate of drug-likeness (QED) is 0.869. The summed E-state index contributed by atoms with van der Waals surface area (Å²) in [5.74, 6) is -0.840. The molecule has 2 amide bonds. The van der Waals surface area contributed by atoms with Gasteiger partial charge in [0.25, 0.3) is 0 Å². The van der Waals surface area contributed by atoms with Crippen molar-refractivity contribution in [1.82, 2.24) is 20.0 Å². The van der Waals surface area contributed by atoms with Crippen LogP contribution in [0.5, 0.6) is 0 Å². The van der Waals surface area contributed by atoms with Gasteiger partial charge < -0.3 is 14.9 Å². The minimum atomic E-state index is -0.843. The van der Waals surface area contributed by atoms with E-state index in [1.807, 2.05) is 0 Å². The second-order valence-electron chi connectivity index (χ2n) is 5.64. The Labute approximate surface area is 117 Å². The number of carboxylic acid groups (broad SMARTS) is 1. The van der Waals surface area contributed by atoms with Gasteiger partial charge in [0.1, 0.15) is 0 Å². The first-order chi connectivity index (χ1) is 9.42. The molecule has 1 fully saturated rings. The Morgan fingerprint density at radius 2 is 2.35 bits per heavy atom. The second kappa shape index (κ2) is 5.52. The number of carbonyl (C=O) groups is 2. The lowest BCUT2D eigenvalue weighted by atomic mass is 9.82. The number of nitrogens with zero attached hydrogens (tertiary/aromatic N) is 3. The van der Waals surface area contributed by atoms with Crippen LogP contribution in [-0.4, -0.2) is 57.2 Å². The van der Waals surface area contributed by atoms with Crippen molar-refractivity contribution in [2.75, 3.05) is 20.1 Å². The topological polar surface area (TPSA) is 89.5 Å². The van der Waals surface area contributed by atoms with Crippen LogP contribution in [0.15, 0.2) is 12.4 Å². The van der Waals surface area contributed by atoms with E-state index in [1.54, 1.807) is 36.2 Å². The number of aromatic amines is 1. The molecular formula is C13H20N4O3. The summed E-state index contributed by atoms with van der Waals surface area (Å²) in [6, 6.07) is -0.140. The molecule has 1 atom stereocenters. The maximum absolute atomic E-state index is 12.4. The average molecular weight is 280 g/mol. The number of hydrogen-bond donors (Lipinski definition) is 2. The van der Waals surface area contributed by atoms with Crippen LogP contribution >= 0.6 is 0 Å². The zero-order valence-corrected chi connectivity index (χ0v) is 11.8. The van der Waals surface area contributed by atoms with Gasteiger partial charge in [-0.2, -0.15) is 5.10 Å². The number of likely N-dealkylation sites (tertiary alicyclic amines) is 1. The number of amides is 2. The maximum atomic E-state index is 12.4. The molecule has 1 aromatic rings. The smallest absolute Gasteiger partial charge is 0.320 e. The number of carboxylic acids is 1. The molecule has 0 radical (unpaired) electrons. The third kappa shape index (κ3) is 2.92. The van der Waals surface area contributed by atoms with Gasteiger partial charge in [0.2, 0.25) is 0 Å². The Hall–Kier alpha value is -2.05. The molecule has 1 saturated heterocycles. The fourth-order valence-corrected chi connectivity index (χ4v) is 2.52. The van der Waals surface area contributed by atoms with Crippen molar-refractivity contribution in [3.63, 3.8) is 0 Å². The molecule has 20 heavy (non-hydrogen) atoms. The third-order valence-corrected chi connectivity index (χ3v) is 3.78. The van der Waals surface area contributed by atoms with Crippen molar-refractivity contribution in [3.8, 4) is 0 Å². The molecule has 1 aromatic heterocycles. The highest BCUT2D eigenvalue weighted by Gasteiger charge is 2.39. The number of aliphatic carboxylic acids is 1. The van der Waals surface area contributed by atoms with Gasteiger partial charge in [-0.05, 0) is 19.8 Å². The minimum absolute atomic E-state index is 0.140. The van der Waals surface area contributed by atoms with Gasteiger partial charge in [-0.25, -0.2) is 4.79 Å². The van der Waals surface area contributed by atoms with Crippen LogP contribution in [0.3, 0.4) is 0 Å². The Kier molecular flexibility index (Phi) is 3.96. The molecular weight excluding hydrogens is 260 g/mol. The second-order valence-corrected chi connectivity index (χ2v) is 5.64. The Morgan fingerprint density at radius 3 is 2.95 bits per heavy atom. The molecule has 0 saturated carbocycles. The molecule has 2 heterocycles. The van der Waals surface area contributed by atoms with Crippen molar-refractivity contribution in [1.29, 1.82) is 0 Å². The Balaban J connectivity index is 1.99. The Morgan fingerprint density at radius 1 is 1.60 bits per heavy atom. The van der Waals surface area contributed by atoms with Crippen LogP contribution in [0.1, 0.15) is 25.3 Å². The lowest BCUT2D eigenvalue weighted by Gasteiger charge is -2.39. The largest absolute Gasteiger partial charge is 0.481 e. The SMILES string of the molecule is CN(Cc1cn[nH]c1)C(=O)N1CCCC(C)(C(=O)O)C1. The van der Waals surface area contributed by atoms with Gasteiger partial charge in [0.05, 0.1) is 18.2 Å². The molecule has 0 aliphatic carbocycles. The van der Waals surface area contributed by atoms with Crippen molar-refractivity contribution < 1.29 is 14.7 Å². The van der Waals surface area contributed by atoms with E-state index in [-0.39, 0.29) is 12.6 Å². The van der Waals surface area contributed by atoms with E-state index in [0.717, 1.165) is 5.56 Å². The number of nitrogens with one attached hydrogen (secondary N) is 1. The summed E-state index contributed by atoms with van der Waals surface area (Å²) in [4.78, 5) is 26.9. The van der Waals surface area contributed by atoms with Gasteiger partial charge >= 0.3 is 12.0 Å². The number of carbonyl (C=O) groups excluding carboxylic acids is 1. The molecule has 0 spiro atoms. The molecule has 7 nitrogen and oxygen atoms in total. The van der Waals surface area contributed by atoms with Crippen LogP contribution in [0.4, 0.5) is 4.79 Å². The lowest BCUT2D eigenvalue weighted by Crippen LogP contribution is -2.51. The summed E-state index contributed by atoms with van der Waals surface area (Å²) in [5.41, 5.74) is 0.0727. The zero-order valence-electron chi connectivity index (χ0n) is 11.8. The van der Waals surface area contributed by atoms with Gasteiger partial charge in [-0.15, -0.1) is 0 Å². The molecule has 7 heteroatoms. The standard InChI is InChI=1S/C13H20N4O3/c1-13(11(18)19)4-3-5-17(9-13)12(20)16(2)8-10-6-14-15-7-10/h6-7H,3-5,8-9H2,1-2H3,(H,14,15)(H,18,19). The molecule has 2 rings (SSSR count). The summed E-state index contributed by atoms with van der Waals surface area (Å²) in [6.45, 7) is 3.02. The van der Waals surface area contributed by atoms with E-state index in [2.05, 4.69) is 10.2 Å². The van der Waals surface area contributed by atoms with Crippen LogP contribution < -0.4 is 0 Å². The van der Waals surface area contributed by atoms with Crippen molar-refractivity contribution >= 4 is 12.0 Å². The summed E-state index contributed by atoms with van der Waals surface area (Å²) in [5, 5.41) is 15.8. The highest BCUT2D eigenvalue weighted by Crippen LogP contribution is 2.30. The zero-order chi connectivity index (χ0) is 14.8. The normalized spacial score (nSPS) is 22.6. The van der Waals surface area contributed by atoms with Crippen molar-refractivity contribution in [3.05, 3.63) is 18.0 Å². The number of hydrogen-bond acceptors (Lipinski definition) is 3. The summed E-state index contributed by atoms with van der Waals surface area (Å²) in [6.07, 6.45) is 4.73. The van der Waals surface area contributed by atoms with Gasteiger partial charge in [-0.3, -0.25) is 9.89 Å². The van der Waals surface area contributed by atoms with Crippen LogP contribution in [0.2, 0.25) is 0 Å². The average Bonchev–Trinajstić information content (AvgIpc) is 2.90. The van der Waals surface area contributed by atoms with E-state index < -0.39 is 11.4 Å². The Bertz CT molecular complexity index is 488.